The molecule has 1 heterocycles. The zero-order chi connectivity index (χ0) is 12.7. The van der Waals surface area contributed by atoms with Crippen molar-refractivity contribution < 1.29 is 0 Å². The van der Waals surface area contributed by atoms with Gasteiger partial charge in [-0.1, -0.05) is 13.8 Å². The number of nitrogens with two attached hydrogens (primary N) is 1. The van der Waals surface area contributed by atoms with Crippen LogP contribution in [0.25, 0.3) is 0 Å². The molecule has 0 saturated heterocycles. The molecule has 4 heteroatoms. The van der Waals surface area contributed by atoms with E-state index in [0.29, 0.717) is 18.9 Å². The summed E-state index contributed by atoms with van der Waals surface area (Å²) < 4.78 is 0. The van der Waals surface area contributed by atoms with Crippen molar-refractivity contribution in [1.29, 1.82) is 5.26 Å². The van der Waals surface area contributed by atoms with E-state index < -0.39 is 0 Å². The Balaban J connectivity index is 2.75. The molecule has 1 unspecified atom stereocenters. The number of thiophene rings is 1. The van der Waals surface area contributed by atoms with Gasteiger partial charge in [0.05, 0.1) is 6.07 Å². The third-order valence-corrected chi connectivity index (χ3v) is 3.40. The van der Waals surface area contributed by atoms with Crippen LogP contribution in [0.2, 0.25) is 0 Å². The highest BCUT2D eigenvalue weighted by Gasteiger charge is 2.19. The van der Waals surface area contributed by atoms with Crippen LogP contribution in [0, 0.1) is 17.2 Å². The predicted octanol–water partition coefficient (Wildman–Crippen LogP) is 2.62. The standard InChI is InChI=1S/C13H21N3S/c1-11(2)9-16(6-3-5-14)13(8-15)12-4-7-17-10-12/h4,7,10-11,13H,3,6,8-9,15H2,1-2H3. The summed E-state index contributed by atoms with van der Waals surface area (Å²) in [5.74, 6) is 0.585. The van der Waals surface area contributed by atoms with Gasteiger partial charge in [0.1, 0.15) is 0 Å². The van der Waals surface area contributed by atoms with Crippen LogP contribution in [0.3, 0.4) is 0 Å². The Hall–Kier alpha value is -0.890. The molecular formula is C13H21N3S. The number of nitriles is 1. The van der Waals surface area contributed by atoms with Gasteiger partial charge < -0.3 is 5.73 Å². The Morgan fingerprint density at radius 3 is 2.76 bits per heavy atom. The highest BCUT2D eigenvalue weighted by atomic mass is 32.1. The lowest BCUT2D eigenvalue weighted by molar-refractivity contribution is 0.184. The SMILES string of the molecule is CC(C)CN(CCC#N)C(CN)c1ccsc1. The van der Waals surface area contributed by atoms with E-state index in [0.717, 1.165) is 13.1 Å². The maximum Gasteiger partial charge on any atom is 0.0635 e. The van der Waals surface area contributed by atoms with Crippen molar-refractivity contribution >= 4 is 11.3 Å². The maximum absolute atomic E-state index is 8.73. The van der Waals surface area contributed by atoms with Crippen molar-refractivity contribution in [3.63, 3.8) is 0 Å². The van der Waals surface area contributed by atoms with Crippen LogP contribution in [0.4, 0.5) is 0 Å². The van der Waals surface area contributed by atoms with Crippen molar-refractivity contribution in [2.75, 3.05) is 19.6 Å². The summed E-state index contributed by atoms with van der Waals surface area (Å²) in [5.41, 5.74) is 7.17. The molecule has 0 aromatic carbocycles. The van der Waals surface area contributed by atoms with E-state index in [1.807, 2.05) is 0 Å². The van der Waals surface area contributed by atoms with Gasteiger partial charge in [0.2, 0.25) is 0 Å². The van der Waals surface area contributed by atoms with Crippen LogP contribution in [-0.2, 0) is 0 Å². The van der Waals surface area contributed by atoms with Gasteiger partial charge >= 0.3 is 0 Å². The zero-order valence-corrected chi connectivity index (χ0v) is 11.4. The third-order valence-electron chi connectivity index (χ3n) is 2.70. The average Bonchev–Trinajstić information content (AvgIpc) is 2.79. The Labute approximate surface area is 108 Å². The molecule has 0 saturated carbocycles. The molecule has 0 aliphatic heterocycles. The van der Waals surface area contributed by atoms with E-state index in [1.54, 1.807) is 11.3 Å². The van der Waals surface area contributed by atoms with Crippen LogP contribution in [0.5, 0.6) is 0 Å². The van der Waals surface area contributed by atoms with Crippen molar-refractivity contribution in [1.82, 2.24) is 4.90 Å². The molecule has 0 fully saturated rings. The van der Waals surface area contributed by atoms with E-state index in [1.165, 1.54) is 5.56 Å². The topological polar surface area (TPSA) is 53.0 Å². The fourth-order valence-corrected chi connectivity index (χ4v) is 2.70. The van der Waals surface area contributed by atoms with Crippen molar-refractivity contribution in [3.05, 3.63) is 22.4 Å². The van der Waals surface area contributed by atoms with Gasteiger partial charge in [-0.05, 0) is 28.3 Å². The monoisotopic (exact) mass is 251 g/mol. The van der Waals surface area contributed by atoms with Crippen LogP contribution < -0.4 is 5.73 Å². The molecule has 17 heavy (non-hydrogen) atoms. The molecule has 1 atom stereocenters. The fraction of sp³-hybridized carbons (Fsp3) is 0.615. The summed E-state index contributed by atoms with van der Waals surface area (Å²) in [5, 5.41) is 13.0. The number of nitrogens with zero attached hydrogens (tertiary/aromatic N) is 2. The van der Waals surface area contributed by atoms with E-state index in [-0.39, 0.29) is 6.04 Å². The summed E-state index contributed by atoms with van der Waals surface area (Å²) in [4.78, 5) is 2.33. The van der Waals surface area contributed by atoms with E-state index in [2.05, 4.69) is 41.6 Å². The average molecular weight is 251 g/mol. The van der Waals surface area contributed by atoms with Gasteiger partial charge in [0, 0.05) is 32.1 Å². The fourth-order valence-electron chi connectivity index (χ4n) is 2.00. The minimum absolute atomic E-state index is 0.247. The predicted molar refractivity (Wildman–Crippen MR) is 72.8 cm³/mol. The Morgan fingerprint density at radius 1 is 1.53 bits per heavy atom. The van der Waals surface area contributed by atoms with Gasteiger partial charge in [-0.3, -0.25) is 4.90 Å². The molecule has 0 bridgehead atoms. The Bertz CT molecular complexity index is 340. The minimum Gasteiger partial charge on any atom is -0.329 e. The molecule has 0 aliphatic rings. The van der Waals surface area contributed by atoms with Crippen LogP contribution in [0.1, 0.15) is 31.9 Å². The van der Waals surface area contributed by atoms with Gasteiger partial charge in [0.15, 0.2) is 0 Å². The van der Waals surface area contributed by atoms with Crippen molar-refractivity contribution in [2.24, 2.45) is 11.7 Å². The van der Waals surface area contributed by atoms with Crippen LogP contribution in [-0.4, -0.2) is 24.5 Å². The van der Waals surface area contributed by atoms with E-state index in [4.69, 9.17) is 11.0 Å². The normalized spacial score (nSPS) is 12.9. The maximum atomic E-state index is 8.73. The second-order valence-corrected chi connectivity index (χ2v) is 5.39. The Morgan fingerprint density at radius 2 is 2.29 bits per heavy atom. The first-order valence-electron chi connectivity index (χ1n) is 6.02. The van der Waals surface area contributed by atoms with Gasteiger partial charge in [-0.15, -0.1) is 0 Å². The van der Waals surface area contributed by atoms with Gasteiger partial charge in [-0.2, -0.15) is 16.6 Å². The molecule has 0 radical (unpaired) electrons. The molecule has 3 nitrogen and oxygen atoms in total. The first kappa shape index (κ1) is 14.2. The molecule has 0 aliphatic carbocycles. The molecule has 0 amide bonds. The molecule has 1 aromatic heterocycles. The second-order valence-electron chi connectivity index (χ2n) is 4.61. The molecular weight excluding hydrogens is 230 g/mol. The summed E-state index contributed by atoms with van der Waals surface area (Å²) >= 11 is 1.70. The summed E-state index contributed by atoms with van der Waals surface area (Å²) in [6, 6.07) is 4.59. The summed E-state index contributed by atoms with van der Waals surface area (Å²) in [7, 11) is 0. The van der Waals surface area contributed by atoms with Crippen LogP contribution >= 0.6 is 11.3 Å². The van der Waals surface area contributed by atoms with Gasteiger partial charge in [0.25, 0.3) is 0 Å². The van der Waals surface area contributed by atoms with Crippen molar-refractivity contribution in [3.8, 4) is 6.07 Å². The quantitative estimate of drug-likeness (QED) is 0.810. The highest BCUT2D eigenvalue weighted by Crippen LogP contribution is 2.23. The first-order chi connectivity index (χ1) is 8.19. The first-order valence-corrected chi connectivity index (χ1v) is 6.96. The smallest absolute Gasteiger partial charge is 0.0635 e. The molecule has 0 spiro atoms. The summed E-state index contributed by atoms with van der Waals surface area (Å²) in [6.07, 6.45) is 0.563. The number of hydrogen-bond acceptors (Lipinski definition) is 4. The lowest BCUT2D eigenvalue weighted by Crippen LogP contribution is -2.36. The highest BCUT2D eigenvalue weighted by molar-refractivity contribution is 7.07. The summed E-state index contributed by atoms with van der Waals surface area (Å²) in [6.45, 7) is 6.78. The molecule has 1 aromatic rings. The van der Waals surface area contributed by atoms with E-state index >= 15 is 0 Å². The lowest BCUT2D eigenvalue weighted by atomic mass is 10.1. The largest absolute Gasteiger partial charge is 0.329 e. The number of hydrogen-bond donors (Lipinski definition) is 1. The minimum atomic E-state index is 0.247. The molecule has 1 rings (SSSR count). The van der Waals surface area contributed by atoms with E-state index in [9.17, 15) is 0 Å². The van der Waals surface area contributed by atoms with Crippen molar-refractivity contribution in [2.45, 2.75) is 26.3 Å². The lowest BCUT2D eigenvalue weighted by Gasteiger charge is -2.31. The second kappa shape index (κ2) is 7.44. The Kier molecular flexibility index (Phi) is 6.20. The molecule has 94 valence electrons. The van der Waals surface area contributed by atoms with Gasteiger partial charge in [-0.25, -0.2) is 0 Å². The molecule has 2 N–H and O–H groups in total. The van der Waals surface area contributed by atoms with Crippen LogP contribution in [0.15, 0.2) is 16.8 Å². The third kappa shape index (κ3) is 4.47. The zero-order valence-electron chi connectivity index (χ0n) is 10.6. The number of rotatable bonds is 7.